The SMILES string of the molecule is CN(C)CCCCn1c(-c2cccs2)n[nH]c1=S. The molecule has 0 saturated carbocycles. The molecule has 0 aliphatic carbocycles. The van der Waals surface area contributed by atoms with Crippen molar-refractivity contribution in [1.82, 2.24) is 19.7 Å². The van der Waals surface area contributed by atoms with Gasteiger partial charge in [0.05, 0.1) is 4.88 Å². The van der Waals surface area contributed by atoms with Gasteiger partial charge in [0.1, 0.15) is 0 Å². The number of nitrogens with one attached hydrogen (secondary N) is 1. The van der Waals surface area contributed by atoms with Crippen LogP contribution in [0.2, 0.25) is 0 Å². The van der Waals surface area contributed by atoms with E-state index in [0.717, 1.165) is 30.2 Å². The summed E-state index contributed by atoms with van der Waals surface area (Å²) in [4.78, 5) is 3.37. The number of hydrogen-bond donors (Lipinski definition) is 1. The summed E-state index contributed by atoms with van der Waals surface area (Å²) >= 11 is 6.98. The van der Waals surface area contributed by atoms with Crippen molar-refractivity contribution < 1.29 is 0 Å². The molecule has 2 aromatic rings. The maximum Gasteiger partial charge on any atom is 0.195 e. The zero-order chi connectivity index (χ0) is 13.0. The van der Waals surface area contributed by atoms with E-state index >= 15 is 0 Å². The Hall–Kier alpha value is -0.980. The van der Waals surface area contributed by atoms with Gasteiger partial charge in [0.2, 0.25) is 0 Å². The van der Waals surface area contributed by atoms with E-state index in [2.05, 4.69) is 45.2 Å². The van der Waals surface area contributed by atoms with Crippen molar-refractivity contribution in [3.05, 3.63) is 22.3 Å². The molecule has 2 heterocycles. The second-order valence-electron chi connectivity index (χ2n) is 4.49. The summed E-state index contributed by atoms with van der Waals surface area (Å²) in [6.45, 7) is 2.04. The summed E-state index contributed by atoms with van der Waals surface area (Å²) in [5.74, 6) is 0.958. The summed E-state index contributed by atoms with van der Waals surface area (Å²) in [5, 5.41) is 9.26. The van der Waals surface area contributed by atoms with E-state index in [1.165, 1.54) is 6.42 Å². The predicted molar refractivity (Wildman–Crippen MR) is 78.5 cm³/mol. The van der Waals surface area contributed by atoms with Gasteiger partial charge in [0, 0.05) is 6.54 Å². The maximum absolute atomic E-state index is 5.29. The van der Waals surface area contributed by atoms with Gasteiger partial charge in [0.25, 0.3) is 0 Å². The molecule has 0 spiro atoms. The highest BCUT2D eigenvalue weighted by Crippen LogP contribution is 2.22. The molecular weight excluding hydrogens is 264 g/mol. The molecule has 0 unspecified atom stereocenters. The molecule has 0 amide bonds. The van der Waals surface area contributed by atoms with Crippen LogP contribution in [0.25, 0.3) is 10.7 Å². The van der Waals surface area contributed by atoms with Crippen LogP contribution in [0.15, 0.2) is 17.5 Å². The van der Waals surface area contributed by atoms with Gasteiger partial charge in [0.15, 0.2) is 10.6 Å². The summed E-state index contributed by atoms with van der Waals surface area (Å²) in [5.41, 5.74) is 0. The third kappa shape index (κ3) is 3.28. The van der Waals surface area contributed by atoms with E-state index in [1.807, 2.05) is 6.07 Å². The fourth-order valence-electron chi connectivity index (χ4n) is 1.82. The predicted octanol–water partition coefficient (Wildman–Crippen LogP) is 3.01. The number of unbranched alkanes of at least 4 members (excludes halogenated alkanes) is 1. The lowest BCUT2D eigenvalue weighted by atomic mass is 10.3. The molecule has 0 aromatic carbocycles. The Morgan fingerprint density at radius 2 is 2.28 bits per heavy atom. The van der Waals surface area contributed by atoms with Gasteiger partial charge in [-0.25, -0.2) is 0 Å². The second-order valence-corrected chi connectivity index (χ2v) is 5.83. The van der Waals surface area contributed by atoms with Crippen LogP contribution < -0.4 is 0 Å². The lowest BCUT2D eigenvalue weighted by Crippen LogP contribution is -2.13. The van der Waals surface area contributed by atoms with Gasteiger partial charge < -0.3 is 4.90 Å². The maximum atomic E-state index is 5.29. The first-order valence-electron chi connectivity index (χ1n) is 6.02. The van der Waals surface area contributed by atoms with Crippen LogP contribution in [0.5, 0.6) is 0 Å². The molecule has 98 valence electrons. The first-order valence-corrected chi connectivity index (χ1v) is 7.31. The van der Waals surface area contributed by atoms with E-state index in [-0.39, 0.29) is 0 Å². The topological polar surface area (TPSA) is 36.9 Å². The van der Waals surface area contributed by atoms with Crippen LogP contribution in [0.1, 0.15) is 12.8 Å². The molecule has 0 fully saturated rings. The molecule has 4 nitrogen and oxygen atoms in total. The number of hydrogen-bond acceptors (Lipinski definition) is 4. The molecule has 1 N–H and O–H groups in total. The third-order valence-electron chi connectivity index (χ3n) is 2.74. The van der Waals surface area contributed by atoms with Gasteiger partial charge in [-0.05, 0) is 57.1 Å². The molecule has 0 bridgehead atoms. The molecule has 0 aliphatic rings. The highest BCUT2D eigenvalue weighted by atomic mass is 32.1. The van der Waals surface area contributed by atoms with Crippen LogP contribution in [-0.2, 0) is 6.54 Å². The molecule has 0 radical (unpaired) electrons. The van der Waals surface area contributed by atoms with Gasteiger partial charge in [-0.1, -0.05) is 6.07 Å². The van der Waals surface area contributed by atoms with Crippen molar-refractivity contribution in [2.45, 2.75) is 19.4 Å². The third-order valence-corrected chi connectivity index (χ3v) is 3.91. The number of rotatable bonds is 6. The Balaban J connectivity index is 2.04. The molecule has 18 heavy (non-hydrogen) atoms. The summed E-state index contributed by atoms with van der Waals surface area (Å²) in [6.07, 6.45) is 2.29. The zero-order valence-corrected chi connectivity index (χ0v) is 12.4. The van der Waals surface area contributed by atoms with E-state index in [0.29, 0.717) is 4.77 Å². The molecule has 0 atom stereocenters. The number of aromatic amines is 1. The first-order chi connectivity index (χ1) is 8.68. The fraction of sp³-hybridized carbons (Fsp3) is 0.500. The quantitative estimate of drug-likeness (QED) is 0.653. The number of thiophene rings is 1. The highest BCUT2D eigenvalue weighted by Gasteiger charge is 2.09. The van der Waals surface area contributed by atoms with E-state index < -0.39 is 0 Å². The van der Waals surface area contributed by atoms with Crippen molar-refractivity contribution in [3.63, 3.8) is 0 Å². The minimum atomic E-state index is 0.711. The lowest BCUT2D eigenvalue weighted by molar-refractivity contribution is 0.387. The van der Waals surface area contributed by atoms with Crippen LogP contribution >= 0.6 is 23.6 Å². The van der Waals surface area contributed by atoms with Crippen LogP contribution in [-0.4, -0.2) is 40.3 Å². The molecular formula is C12H18N4S2. The summed E-state index contributed by atoms with van der Waals surface area (Å²) < 4.78 is 2.81. The zero-order valence-electron chi connectivity index (χ0n) is 10.7. The van der Waals surface area contributed by atoms with Crippen LogP contribution in [0.4, 0.5) is 0 Å². The molecule has 6 heteroatoms. The average Bonchev–Trinajstić information content (AvgIpc) is 2.94. The van der Waals surface area contributed by atoms with Crippen molar-refractivity contribution in [1.29, 1.82) is 0 Å². The van der Waals surface area contributed by atoms with Crippen molar-refractivity contribution in [2.24, 2.45) is 0 Å². The van der Waals surface area contributed by atoms with Crippen LogP contribution in [0, 0.1) is 4.77 Å². The highest BCUT2D eigenvalue weighted by molar-refractivity contribution is 7.71. The second kappa shape index (κ2) is 6.26. The summed E-state index contributed by atoms with van der Waals surface area (Å²) in [7, 11) is 4.20. The van der Waals surface area contributed by atoms with Crippen molar-refractivity contribution in [2.75, 3.05) is 20.6 Å². The van der Waals surface area contributed by atoms with E-state index in [4.69, 9.17) is 12.2 Å². The minimum Gasteiger partial charge on any atom is -0.309 e. The Kier molecular flexibility index (Phi) is 4.68. The molecule has 2 rings (SSSR count). The normalized spacial score (nSPS) is 11.3. The first kappa shape index (κ1) is 13.5. The van der Waals surface area contributed by atoms with E-state index in [9.17, 15) is 0 Å². The molecule has 2 aromatic heterocycles. The Bertz CT molecular complexity index is 525. The lowest BCUT2D eigenvalue weighted by Gasteiger charge is -2.09. The van der Waals surface area contributed by atoms with Crippen molar-refractivity contribution in [3.8, 4) is 10.7 Å². The smallest absolute Gasteiger partial charge is 0.195 e. The largest absolute Gasteiger partial charge is 0.309 e. The number of aromatic nitrogens is 3. The number of H-pyrrole nitrogens is 1. The molecule has 0 aliphatic heterocycles. The monoisotopic (exact) mass is 282 g/mol. The Labute approximate surface area is 116 Å². The van der Waals surface area contributed by atoms with Crippen LogP contribution in [0.3, 0.4) is 0 Å². The van der Waals surface area contributed by atoms with E-state index in [1.54, 1.807) is 11.3 Å². The fourth-order valence-corrected chi connectivity index (χ4v) is 2.76. The average molecular weight is 282 g/mol. The Morgan fingerprint density at radius 1 is 1.44 bits per heavy atom. The standard InChI is InChI=1S/C12H18N4S2/c1-15(2)7-3-4-8-16-11(13-14-12(16)17)10-6-5-9-18-10/h5-6,9H,3-4,7-8H2,1-2H3,(H,14,17). The summed E-state index contributed by atoms with van der Waals surface area (Å²) in [6, 6.07) is 4.11. The van der Waals surface area contributed by atoms with Gasteiger partial charge in [-0.3, -0.25) is 9.67 Å². The van der Waals surface area contributed by atoms with Gasteiger partial charge >= 0.3 is 0 Å². The van der Waals surface area contributed by atoms with Gasteiger partial charge in [-0.15, -0.1) is 11.3 Å². The molecule has 0 saturated heterocycles. The minimum absolute atomic E-state index is 0.711. The van der Waals surface area contributed by atoms with Crippen molar-refractivity contribution >= 4 is 23.6 Å². The number of nitrogens with zero attached hydrogens (tertiary/aromatic N) is 3. The Morgan fingerprint density at radius 3 is 2.94 bits per heavy atom. The van der Waals surface area contributed by atoms with Gasteiger partial charge in [-0.2, -0.15) is 5.10 Å².